The van der Waals surface area contributed by atoms with Gasteiger partial charge in [-0.1, -0.05) is 0 Å². The Hall–Kier alpha value is -2.04. The summed E-state index contributed by atoms with van der Waals surface area (Å²) in [5, 5.41) is 3.36. The van der Waals surface area contributed by atoms with Crippen LogP contribution >= 0.6 is 0 Å². The molecule has 1 aliphatic carbocycles. The number of oxazole rings is 1. The Morgan fingerprint density at radius 3 is 2.84 bits per heavy atom. The van der Waals surface area contributed by atoms with E-state index in [1.165, 1.54) is 0 Å². The fourth-order valence-electron chi connectivity index (χ4n) is 2.53. The molecule has 1 heterocycles. The summed E-state index contributed by atoms with van der Waals surface area (Å²) < 4.78 is 4.95. The first-order valence-electron chi connectivity index (χ1n) is 6.59. The summed E-state index contributed by atoms with van der Waals surface area (Å²) in [7, 11) is 0. The van der Waals surface area contributed by atoms with Gasteiger partial charge >= 0.3 is 5.76 Å². The second kappa shape index (κ2) is 4.91. The van der Waals surface area contributed by atoms with Crippen molar-refractivity contribution in [3.05, 3.63) is 28.7 Å². The second-order valence-corrected chi connectivity index (χ2v) is 5.09. The zero-order valence-corrected chi connectivity index (χ0v) is 10.6. The lowest BCUT2D eigenvalue weighted by Gasteiger charge is -2.21. The van der Waals surface area contributed by atoms with Crippen molar-refractivity contribution in [3.8, 4) is 0 Å². The van der Waals surface area contributed by atoms with Gasteiger partial charge in [-0.25, -0.2) is 4.79 Å². The lowest BCUT2D eigenvalue weighted by atomic mass is 9.88. The first kappa shape index (κ1) is 12.0. The Balaban J connectivity index is 1.64. The van der Waals surface area contributed by atoms with Gasteiger partial charge in [0.15, 0.2) is 5.58 Å². The molecular formula is C14H16N2O3. The SMILES string of the molecule is O=C1CCC(CNc2ccc3oc(=O)[nH]c3c2)CC1. The molecule has 0 radical (unpaired) electrons. The minimum absolute atomic E-state index is 0.383. The standard InChI is InChI=1S/C14H16N2O3/c17-11-4-1-9(2-5-11)8-15-10-3-6-13-12(7-10)16-14(18)19-13/h3,6-7,9,15H,1-2,4-5,8H2,(H,16,18). The van der Waals surface area contributed by atoms with Gasteiger partial charge in [0, 0.05) is 25.1 Å². The summed E-state index contributed by atoms with van der Waals surface area (Å²) in [6.45, 7) is 0.862. The molecule has 100 valence electrons. The van der Waals surface area contributed by atoms with Gasteiger partial charge in [0.2, 0.25) is 0 Å². The van der Waals surface area contributed by atoms with Gasteiger partial charge in [0.25, 0.3) is 0 Å². The molecule has 1 aromatic carbocycles. The highest BCUT2D eigenvalue weighted by molar-refractivity contribution is 5.79. The van der Waals surface area contributed by atoms with Crippen molar-refractivity contribution in [1.29, 1.82) is 0 Å². The number of anilines is 1. The predicted octanol–water partition coefficient (Wildman–Crippen LogP) is 2.29. The van der Waals surface area contributed by atoms with Crippen molar-refractivity contribution in [2.24, 2.45) is 5.92 Å². The lowest BCUT2D eigenvalue weighted by Crippen LogP contribution is -2.20. The molecule has 1 saturated carbocycles. The first-order chi connectivity index (χ1) is 9.20. The summed E-state index contributed by atoms with van der Waals surface area (Å²) in [6, 6.07) is 5.54. The fourth-order valence-corrected chi connectivity index (χ4v) is 2.53. The Bertz CT molecular complexity index is 646. The minimum Gasteiger partial charge on any atom is -0.408 e. The molecule has 1 aromatic heterocycles. The monoisotopic (exact) mass is 260 g/mol. The highest BCUT2D eigenvalue weighted by atomic mass is 16.4. The number of fused-ring (bicyclic) bond motifs is 1. The number of aromatic nitrogens is 1. The van der Waals surface area contributed by atoms with E-state index in [9.17, 15) is 9.59 Å². The van der Waals surface area contributed by atoms with Gasteiger partial charge in [0.1, 0.15) is 5.78 Å². The highest BCUT2D eigenvalue weighted by Crippen LogP contribution is 2.23. The van der Waals surface area contributed by atoms with Crippen LogP contribution in [0.4, 0.5) is 5.69 Å². The number of aromatic amines is 1. The van der Waals surface area contributed by atoms with Crippen molar-refractivity contribution < 1.29 is 9.21 Å². The van der Waals surface area contributed by atoms with Crippen LogP contribution in [-0.2, 0) is 4.79 Å². The largest absolute Gasteiger partial charge is 0.417 e. The zero-order valence-electron chi connectivity index (χ0n) is 10.6. The fraction of sp³-hybridized carbons (Fsp3) is 0.429. The maximum atomic E-state index is 11.2. The molecule has 3 rings (SSSR count). The number of carbonyl (C=O) groups is 1. The molecule has 0 saturated heterocycles. The zero-order chi connectivity index (χ0) is 13.2. The van der Waals surface area contributed by atoms with Gasteiger partial charge in [-0.2, -0.15) is 0 Å². The molecule has 1 aliphatic rings. The Labute approximate surface area is 110 Å². The van der Waals surface area contributed by atoms with Crippen molar-refractivity contribution in [2.75, 3.05) is 11.9 Å². The van der Waals surface area contributed by atoms with E-state index in [0.717, 1.165) is 25.1 Å². The Kier molecular flexibility index (Phi) is 3.11. The molecule has 19 heavy (non-hydrogen) atoms. The molecule has 0 aliphatic heterocycles. The average Bonchev–Trinajstić information content (AvgIpc) is 2.77. The van der Waals surface area contributed by atoms with Crippen LogP contribution in [0.25, 0.3) is 11.1 Å². The van der Waals surface area contributed by atoms with Crippen LogP contribution in [0.2, 0.25) is 0 Å². The number of carbonyl (C=O) groups excluding carboxylic acids is 1. The maximum absolute atomic E-state index is 11.2. The van der Waals surface area contributed by atoms with Gasteiger partial charge < -0.3 is 9.73 Å². The van der Waals surface area contributed by atoms with Gasteiger partial charge in [-0.15, -0.1) is 0 Å². The molecule has 0 unspecified atom stereocenters. The van der Waals surface area contributed by atoms with E-state index >= 15 is 0 Å². The molecular weight excluding hydrogens is 244 g/mol. The molecule has 5 nitrogen and oxygen atoms in total. The van der Waals surface area contributed by atoms with Crippen molar-refractivity contribution in [3.63, 3.8) is 0 Å². The molecule has 1 fully saturated rings. The molecule has 0 amide bonds. The van der Waals surface area contributed by atoms with Crippen LogP contribution in [-0.4, -0.2) is 17.3 Å². The van der Waals surface area contributed by atoms with Crippen LogP contribution in [0.15, 0.2) is 27.4 Å². The van der Waals surface area contributed by atoms with Crippen LogP contribution in [0, 0.1) is 5.92 Å². The highest BCUT2D eigenvalue weighted by Gasteiger charge is 2.18. The van der Waals surface area contributed by atoms with Crippen molar-refractivity contribution in [2.45, 2.75) is 25.7 Å². The third kappa shape index (κ3) is 2.70. The third-order valence-corrected chi connectivity index (χ3v) is 3.68. The third-order valence-electron chi connectivity index (χ3n) is 3.68. The number of H-pyrrole nitrogens is 1. The van der Waals surface area contributed by atoms with Crippen molar-refractivity contribution >= 4 is 22.6 Å². The Morgan fingerprint density at radius 1 is 1.26 bits per heavy atom. The molecule has 2 N–H and O–H groups in total. The smallest absolute Gasteiger partial charge is 0.408 e. The topological polar surface area (TPSA) is 75.1 Å². The number of ketones is 1. The van der Waals surface area contributed by atoms with E-state index in [-0.39, 0.29) is 0 Å². The number of nitrogens with one attached hydrogen (secondary N) is 2. The average molecular weight is 260 g/mol. The van der Waals surface area contributed by atoms with E-state index in [4.69, 9.17) is 4.42 Å². The number of hydrogen-bond acceptors (Lipinski definition) is 4. The van der Waals surface area contributed by atoms with Gasteiger partial charge in [-0.3, -0.25) is 9.78 Å². The summed E-state index contributed by atoms with van der Waals surface area (Å²) in [6.07, 6.45) is 3.36. The number of benzene rings is 1. The van der Waals surface area contributed by atoms with E-state index in [2.05, 4.69) is 10.3 Å². The first-order valence-corrected chi connectivity index (χ1v) is 6.59. The number of rotatable bonds is 3. The summed E-state index contributed by atoms with van der Waals surface area (Å²) >= 11 is 0. The van der Waals surface area contributed by atoms with Crippen LogP contribution in [0.5, 0.6) is 0 Å². The van der Waals surface area contributed by atoms with Crippen molar-refractivity contribution in [1.82, 2.24) is 4.98 Å². The van der Waals surface area contributed by atoms with E-state index in [1.807, 2.05) is 12.1 Å². The summed E-state index contributed by atoms with van der Waals surface area (Å²) in [4.78, 5) is 24.9. The summed E-state index contributed by atoms with van der Waals surface area (Å²) in [5.74, 6) is 0.503. The van der Waals surface area contributed by atoms with Crippen LogP contribution < -0.4 is 11.1 Å². The molecule has 2 aromatic rings. The Morgan fingerprint density at radius 2 is 2.05 bits per heavy atom. The van der Waals surface area contributed by atoms with E-state index < -0.39 is 5.76 Å². The lowest BCUT2D eigenvalue weighted by molar-refractivity contribution is -0.120. The normalized spacial score (nSPS) is 16.9. The predicted molar refractivity (Wildman–Crippen MR) is 72.3 cm³/mol. The molecule has 0 bridgehead atoms. The van der Waals surface area contributed by atoms with E-state index in [0.29, 0.717) is 35.6 Å². The number of Topliss-reactive ketones (excluding diaryl/α,β-unsaturated/α-hetero) is 1. The summed E-state index contributed by atoms with van der Waals surface area (Å²) in [5.41, 5.74) is 2.23. The second-order valence-electron chi connectivity index (χ2n) is 5.09. The quantitative estimate of drug-likeness (QED) is 0.887. The van der Waals surface area contributed by atoms with Crippen LogP contribution in [0.1, 0.15) is 25.7 Å². The molecule has 5 heteroatoms. The van der Waals surface area contributed by atoms with Crippen LogP contribution in [0.3, 0.4) is 0 Å². The maximum Gasteiger partial charge on any atom is 0.417 e. The molecule has 0 spiro atoms. The van der Waals surface area contributed by atoms with Gasteiger partial charge in [0.05, 0.1) is 5.52 Å². The molecule has 0 atom stereocenters. The minimum atomic E-state index is -0.432. The number of hydrogen-bond donors (Lipinski definition) is 2. The van der Waals surface area contributed by atoms with E-state index in [1.54, 1.807) is 6.07 Å². The van der Waals surface area contributed by atoms with Gasteiger partial charge in [-0.05, 0) is 37.0 Å².